The molecule has 0 spiro atoms. The molecule has 25 heavy (non-hydrogen) atoms. The number of nitrogens with one attached hydrogen (secondary N) is 1. The first-order valence-corrected chi connectivity index (χ1v) is 7.78. The van der Waals surface area contributed by atoms with Gasteiger partial charge in [-0.25, -0.2) is 0 Å². The minimum Gasteiger partial charge on any atom is -0.545 e. The van der Waals surface area contributed by atoms with E-state index in [0.717, 1.165) is 27.8 Å². The van der Waals surface area contributed by atoms with Gasteiger partial charge >= 0.3 is 0 Å². The molecular formula is C20H17N2O3-. The maximum absolute atomic E-state index is 10.8. The number of fused-ring (bicyclic) bond motifs is 1. The van der Waals surface area contributed by atoms with E-state index in [1.54, 1.807) is 19.2 Å². The molecule has 0 aromatic heterocycles. The first-order chi connectivity index (χ1) is 12.1. The lowest BCUT2D eigenvalue weighted by Crippen LogP contribution is -2.21. The minimum absolute atomic E-state index is 0.132. The Morgan fingerprint density at radius 3 is 2.32 bits per heavy atom. The molecule has 3 aromatic carbocycles. The molecule has 0 saturated heterocycles. The number of ether oxygens (including phenoxy) is 1. The van der Waals surface area contributed by atoms with Gasteiger partial charge in [-0.3, -0.25) is 5.43 Å². The second kappa shape index (κ2) is 7.05. The number of hydrogen-bond acceptors (Lipinski definition) is 5. The average Bonchev–Trinajstić information content (AvgIpc) is 2.65. The molecule has 5 nitrogen and oxygen atoms in total. The summed E-state index contributed by atoms with van der Waals surface area (Å²) in [5, 5.41) is 17.3. The van der Waals surface area contributed by atoms with Crippen LogP contribution < -0.4 is 15.3 Å². The highest BCUT2D eigenvalue weighted by Gasteiger charge is 2.08. The number of methoxy groups -OCH3 is 1. The monoisotopic (exact) mass is 333 g/mol. The lowest BCUT2D eigenvalue weighted by Gasteiger charge is -2.11. The third-order valence-electron chi connectivity index (χ3n) is 3.97. The molecule has 0 radical (unpaired) electrons. The zero-order valence-electron chi connectivity index (χ0n) is 13.9. The van der Waals surface area contributed by atoms with Crippen molar-refractivity contribution in [3.8, 4) is 5.75 Å². The molecule has 0 atom stereocenters. The SMILES string of the molecule is COc1ccc(/C(C)=N\Nc2ccc(C(=O)[O-])cc2)c2ccccc12. The van der Waals surface area contributed by atoms with Crippen molar-refractivity contribution in [1.82, 2.24) is 0 Å². The minimum atomic E-state index is -1.20. The Balaban J connectivity index is 1.90. The molecule has 3 aromatic rings. The van der Waals surface area contributed by atoms with Crippen LogP contribution in [0.2, 0.25) is 0 Å². The highest BCUT2D eigenvalue weighted by Crippen LogP contribution is 2.28. The second-order valence-corrected chi connectivity index (χ2v) is 5.53. The smallest absolute Gasteiger partial charge is 0.126 e. The van der Waals surface area contributed by atoms with Crippen molar-refractivity contribution in [2.75, 3.05) is 12.5 Å². The third-order valence-corrected chi connectivity index (χ3v) is 3.97. The number of rotatable bonds is 5. The van der Waals surface area contributed by atoms with Crippen molar-refractivity contribution in [2.24, 2.45) is 5.10 Å². The Hall–Kier alpha value is -3.34. The van der Waals surface area contributed by atoms with E-state index in [9.17, 15) is 9.90 Å². The molecule has 0 aliphatic rings. The van der Waals surface area contributed by atoms with Crippen LogP contribution in [-0.4, -0.2) is 18.8 Å². The molecule has 0 aliphatic carbocycles. The summed E-state index contributed by atoms with van der Waals surface area (Å²) < 4.78 is 5.41. The van der Waals surface area contributed by atoms with E-state index >= 15 is 0 Å². The van der Waals surface area contributed by atoms with E-state index in [4.69, 9.17) is 4.74 Å². The Morgan fingerprint density at radius 2 is 1.68 bits per heavy atom. The number of nitrogens with zero attached hydrogens (tertiary/aromatic N) is 1. The van der Waals surface area contributed by atoms with Gasteiger partial charge in [0.05, 0.1) is 24.5 Å². The topological polar surface area (TPSA) is 73.8 Å². The van der Waals surface area contributed by atoms with Crippen molar-refractivity contribution in [3.63, 3.8) is 0 Å². The van der Waals surface area contributed by atoms with Crippen LogP contribution >= 0.6 is 0 Å². The summed E-state index contributed by atoms with van der Waals surface area (Å²) >= 11 is 0. The average molecular weight is 333 g/mol. The van der Waals surface area contributed by atoms with Gasteiger partial charge in [0.1, 0.15) is 5.75 Å². The standard InChI is InChI=1S/C20H18N2O3/c1-13(21-22-15-9-7-14(8-10-15)20(23)24)16-11-12-19(25-2)18-6-4-3-5-17(16)18/h3-12,22H,1-2H3,(H,23,24)/p-1/b21-13-. The lowest BCUT2D eigenvalue weighted by molar-refractivity contribution is -0.255. The Bertz CT molecular complexity index is 947. The number of benzene rings is 3. The van der Waals surface area contributed by atoms with E-state index in [0.29, 0.717) is 5.69 Å². The zero-order valence-corrected chi connectivity index (χ0v) is 13.9. The number of hydrazone groups is 1. The number of carboxylic acid groups (broad SMARTS) is 1. The molecule has 0 heterocycles. The van der Waals surface area contributed by atoms with Gasteiger partial charge in [-0.05, 0) is 42.1 Å². The van der Waals surface area contributed by atoms with Gasteiger partial charge in [0.2, 0.25) is 0 Å². The van der Waals surface area contributed by atoms with Crippen molar-refractivity contribution in [2.45, 2.75) is 6.92 Å². The van der Waals surface area contributed by atoms with Crippen LogP contribution in [0.5, 0.6) is 5.75 Å². The first kappa shape index (κ1) is 16.5. The van der Waals surface area contributed by atoms with Gasteiger partial charge in [0.25, 0.3) is 0 Å². The van der Waals surface area contributed by atoms with Crippen LogP contribution in [0.4, 0.5) is 5.69 Å². The molecule has 5 heteroatoms. The van der Waals surface area contributed by atoms with Crippen LogP contribution in [0, 0.1) is 0 Å². The highest BCUT2D eigenvalue weighted by atomic mass is 16.5. The summed E-state index contributed by atoms with van der Waals surface area (Å²) in [5.41, 5.74) is 5.58. The van der Waals surface area contributed by atoms with Crippen molar-refractivity contribution in [3.05, 3.63) is 71.8 Å². The predicted molar refractivity (Wildman–Crippen MR) is 97.1 cm³/mol. The summed E-state index contributed by atoms with van der Waals surface area (Å²) in [7, 11) is 1.65. The maximum Gasteiger partial charge on any atom is 0.126 e. The van der Waals surface area contributed by atoms with Gasteiger partial charge in [0, 0.05) is 10.9 Å². The molecule has 0 aliphatic heterocycles. The van der Waals surface area contributed by atoms with Gasteiger partial charge in [-0.2, -0.15) is 5.10 Å². The summed E-state index contributed by atoms with van der Waals surface area (Å²) in [5.74, 6) is -0.381. The second-order valence-electron chi connectivity index (χ2n) is 5.53. The molecule has 0 unspecified atom stereocenters. The fraction of sp³-hybridized carbons (Fsp3) is 0.100. The van der Waals surface area contributed by atoms with Crippen LogP contribution in [-0.2, 0) is 0 Å². The summed E-state index contributed by atoms with van der Waals surface area (Å²) in [6.45, 7) is 1.91. The number of carbonyl (C=O) groups excluding carboxylic acids is 1. The molecule has 126 valence electrons. The number of carbonyl (C=O) groups is 1. The summed E-state index contributed by atoms with van der Waals surface area (Å²) in [6, 6.07) is 18.1. The van der Waals surface area contributed by atoms with Crippen LogP contribution in [0.3, 0.4) is 0 Å². The van der Waals surface area contributed by atoms with E-state index in [1.165, 1.54) is 12.1 Å². The van der Waals surface area contributed by atoms with Crippen LogP contribution in [0.1, 0.15) is 22.8 Å². The number of aromatic carboxylic acids is 1. The Morgan fingerprint density at radius 1 is 1.00 bits per heavy atom. The van der Waals surface area contributed by atoms with E-state index in [1.807, 2.05) is 43.3 Å². The fourth-order valence-electron chi connectivity index (χ4n) is 2.65. The van der Waals surface area contributed by atoms with Crippen molar-refractivity contribution in [1.29, 1.82) is 0 Å². The van der Waals surface area contributed by atoms with E-state index < -0.39 is 5.97 Å². The van der Waals surface area contributed by atoms with Crippen molar-refractivity contribution >= 4 is 28.1 Å². The normalized spacial score (nSPS) is 11.4. The lowest BCUT2D eigenvalue weighted by atomic mass is 10.0. The summed E-state index contributed by atoms with van der Waals surface area (Å²) in [4.78, 5) is 10.8. The van der Waals surface area contributed by atoms with Gasteiger partial charge in [-0.1, -0.05) is 36.4 Å². The molecule has 0 saturated carbocycles. The number of hydrogen-bond donors (Lipinski definition) is 1. The summed E-state index contributed by atoms with van der Waals surface area (Å²) in [6.07, 6.45) is 0. The molecule has 1 N–H and O–H groups in total. The van der Waals surface area contributed by atoms with Gasteiger partial charge < -0.3 is 14.6 Å². The Labute approximate surface area is 145 Å². The fourth-order valence-corrected chi connectivity index (χ4v) is 2.65. The Kier molecular flexibility index (Phi) is 4.66. The third kappa shape index (κ3) is 3.45. The molecule has 0 fully saturated rings. The molecular weight excluding hydrogens is 316 g/mol. The highest BCUT2D eigenvalue weighted by molar-refractivity contribution is 6.11. The quantitative estimate of drug-likeness (QED) is 0.575. The first-order valence-electron chi connectivity index (χ1n) is 7.78. The van der Waals surface area contributed by atoms with Crippen LogP contribution in [0.15, 0.2) is 65.8 Å². The zero-order chi connectivity index (χ0) is 17.8. The molecule has 0 amide bonds. The molecule has 3 rings (SSSR count). The number of carboxylic acids is 1. The van der Waals surface area contributed by atoms with Gasteiger partial charge in [-0.15, -0.1) is 0 Å². The predicted octanol–water partition coefficient (Wildman–Crippen LogP) is 3.05. The maximum atomic E-state index is 10.8. The van der Waals surface area contributed by atoms with Crippen LogP contribution in [0.25, 0.3) is 10.8 Å². The van der Waals surface area contributed by atoms with E-state index in [2.05, 4.69) is 10.5 Å². The number of anilines is 1. The largest absolute Gasteiger partial charge is 0.545 e. The van der Waals surface area contributed by atoms with E-state index in [-0.39, 0.29) is 5.56 Å². The van der Waals surface area contributed by atoms with Gasteiger partial charge in [0.15, 0.2) is 0 Å². The van der Waals surface area contributed by atoms with Crippen molar-refractivity contribution < 1.29 is 14.6 Å². The molecule has 0 bridgehead atoms.